The SMILES string of the molecule is CCC(O)/C=C/[C@H](O)[C@H]1C[C@H](O)[C@@H](CCCCCCCC(=O)O)O1. The maximum absolute atomic E-state index is 10.4. The number of unbranched alkanes of at least 4 members (excludes halogenated alkanes) is 4. The number of ether oxygens (including phenoxy) is 1. The molecule has 0 saturated carbocycles. The van der Waals surface area contributed by atoms with Gasteiger partial charge in [-0.1, -0.05) is 44.8 Å². The molecule has 0 aliphatic carbocycles. The summed E-state index contributed by atoms with van der Waals surface area (Å²) in [6.45, 7) is 1.86. The van der Waals surface area contributed by atoms with E-state index >= 15 is 0 Å². The molecule has 5 atom stereocenters. The van der Waals surface area contributed by atoms with Gasteiger partial charge in [0.1, 0.15) is 0 Å². The van der Waals surface area contributed by atoms with Crippen molar-refractivity contribution in [1.82, 2.24) is 0 Å². The molecule has 1 fully saturated rings. The van der Waals surface area contributed by atoms with Crippen LogP contribution < -0.4 is 0 Å². The van der Waals surface area contributed by atoms with Gasteiger partial charge in [0.15, 0.2) is 0 Å². The normalized spacial score (nSPS) is 26.8. The molecule has 140 valence electrons. The highest BCUT2D eigenvalue weighted by molar-refractivity contribution is 5.66. The monoisotopic (exact) mass is 344 g/mol. The number of rotatable bonds is 12. The van der Waals surface area contributed by atoms with Crippen molar-refractivity contribution >= 4 is 5.97 Å². The molecule has 0 bridgehead atoms. The van der Waals surface area contributed by atoms with Crippen LogP contribution in [0, 0.1) is 0 Å². The smallest absolute Gasteiger partial charge is 0.303 e. The summed E-state index contributed by atoms with van der Waals surface area (Å²) in [5.74, 6) is -0.748. The lowest BCUT2D eigenvalue weighted by Crippen LogP contribution is -2.25. The molecule has 0 aromatic carbocycles. The van der Waals surface area contributed by atoms with Gasteiger partial charge in [-0.05, 0) is 19.3 Å². The van der Waals surface area contributed by atoms with Crippen molar-refractivity contribution < 1.29 is 30.0 Å². The van der Waals surface area contributed by atoms with Crippen molar-refractivity contribution in [3.8, 4) is 0 Å². The summed E-state index contributed by atoms with van der Waals surface area (Å²) < 4.78 is 5.75. The van der Waals surface area contributed by atoms with E-state index in [2.05, 4.69) is 0 Å². The zero-order chi connectivity index (χ0) is 17.9. The minimum Gasteiger partial charge on any atom is -0.481 e. The molecule has 6 heteroatoms. The molecular formula is C18H32O6. The highest BCUT2D eigenvalue weighted by atomic mass is 16.5. The van der Waals surface area contributed by atoms with Crippen LogP contribution >= 0.6 is 0 Å². The zero-order valence-corrected chi connectivity index (χ0v) is 14.5. The third kappa shape index (κ3) is 8.24. The lowest BCUT2D eigenvalue weighted by Gasteiger charge is -2.17. The number of carboxylic acids is 1. The number of hydrogen-bond acceptors (Lipinski definition) is 5. The van der Waals surface area contributed by atoms with Gasteiger partial charge in [-0.3, -0.25) is 4.79 Å². The highest BCUT2D eigenvalue weighted by Gasteiger charge is 2.36. The molecule has 0 aromatic heterocycles. The molecule has 0 amide bonds. The first kappa shape index (κ1) is 21.1. The van der Waals surface area contributed by atoms with Crippen LogP contribution in [0.5, 0.6) is 0 Å². The fraction of sp³-hybridized carbons (Fsp3) is 0.833. The van der Waals surface area contributed by atoms with Crippen LogP contribution in [0.1, 0.15) is 64.7 Å². The Balaban J connectivity index is 2.19. The van der Waals surface area contributed by atoms with Gasteiger partial charge >= 0.3 is 5.97 Å². The van der Waals surface area contributed by atoms with E-state index < -0.39 is 30.4 Å². The lowest BCUT2D eigenvalue weighted by atomic mass is 10.0. The standard InChI is InChI=1S/C18H32O6/c1-2-13(19)10-11-14(20)17-12-15(21)16(24-17)8-6-4-3-5-7-9-18(22)23/h10-11,13-17,19-21H,2-9,12H2,1H3,(H,22,23)/b11-10+/t13?,14-,15-,16+,17+/m0/s1. The molecule has 1 heterocycles. The van der Waals surface area contributed by atoms with E-state index in [1.54, 1.807) is 6.08 Å². The second-order valence-electron chi connectivity index (χ2n) is 6.57. The number of carboxylic acid groups (broad SMARTS) is 1. The average Bonchev–Trinajstić information content (AvgIpc) is 2.92. The van der Waals surface area contributed by atoms with Crippen LogP contribution in [0.3, 0.4) is 0 Å². The van der Waals surface area contributed by atoms with Crippen LogP contribution in [0.15, 0.2) is 12.2 Å². The van der Waals surface area contributed by atoms with Crippen LogP contribution in [0.25, 0.3) is 0 Å². The first-order valence-corrected chi connectivity index (χ1v) is 9.03. The molecule has 24 heavy (non-hydrogen) atoms. The topological polar surface area (TPSA) is 107 Å². The third-order valence-corrected chi connectivity index (χ3v) is 4.46. The van der Waals surface area contributed by atoms with Crippen LogP contribution in [0.4, 0.5) is 0 Å². The fourth-order valence-corrected chi connectivity index (χ4v) is 2.90. The van der Waals surface area contributed by atoms with Gasteiger partial charge in [0.2, 0.25) is 0 Å². The Labute approximate surface area is 144 Å². The average molecular weight is 344 g/mol. The minimum atomic E-state index is -0.818. The first-order valence-electron chi connectivity index (χ1n) is 9.03. The molecule has 1 rings (SSSR count). The van der Waals surface area contributed by atoms with Crippen LogP contribution in [0.2, 0.25) is 0 Å². The van der Waals surface area contributed by atoms with Gasteiger partial charge in [0, 0.05) is 12.8 Å². The Kier molecular flexibility index (Phi) is 10.2. The van der Waals surface area contributed by atoms with Crippen molar-refractivity contribution in [1.29, 1.82) is 0 Å². The van der Waals surface area contributed by atoms with E-state index in [9.17, 15) is 20.1 Å². The summed E-state index contributed by atoms with van der Waals surface area (Å²) in [6, 6.07) is 0. The van der Waals surface area contributed by atoms with Crippen molar-refractivity contribution in [3.63, 3.8) is 0 Å². The van der Waals surface area contributed by atoms with Gasteiger partial charge in [-0.15, -0.1) is 0 Å². The van der Waals surface area contributed by atoms with Gasteiger partial charge in [0.05, 0.1) is 30.5 Å². The largest absolute Gasteiger partial charge is 0.481 e. The molecule has 4 N–H and O–H groups in total. The molecule has 1 aliphatic heterocycles. The van der Waals surface area contributed by atoms with E-state index in [0.717, 1.165) is 32.1 Å². The van der Waals surface area contributed by atoms with Gasteiger partial charge in [-0.2, -0.15) is 0 Å². The fourth-order valence-electron chi connectivity index (χ4n) is 2.90. The predicted molar refractivity (Wildman–Crippen MR) is 90.7 cm³/mol. The third-order valence-electron chi connectivity index (χ3n) is 4.46. The highest BCUT2D eigenvalue weighted by Crippen LogP contribution is 2.27. The Bertz CT molecular complexity index is 384. The number of aliphatic carboxylic acids is 1. The van der Waals surface area contributed by atoms with E-state index in [-0.39, 0.29) is 12.5 Å². The van der Waals surface area contributed by atoms with Crippen molar-refractivity contribution in [3.05, 3.63) is 12.2 Å². The molecule has 0 spiro atoms. The Morgan fingerprint density at radius 3 is 2.50 bits per heavy atom. The lowest BCUT2D eigenvalue weighted by molar-refractivity contribution is -0.137. The molecule has 1 unspecified atom stereocenters. The van der Waals surface area contributed by atoms with Crippen LogP contribution in [-0.2, 0) is 9.53 Å². The second-order valence-corrected chi connectivity index (χ2v) is 6.57. The predicted octanol–water partition coefficient (Wildman–Crippen LogP) is 2.01. The summed E-state index contributed by atoms with van der Waals surface area (Å²) >= 11 is 0. The summed E-state index contributed by atoms with van der Waals surface area (Å²) in [5, 5.41) is 38.1. The minimum absolute atomic E-state index is 0.226. The zero-order valence-electron chi connectivity index (χ0n) is 14.5. The summed E-state index contributed by atoms with van der Waals surface area (Å²) in [4.78, 5) is 10.4. The van der Waals surface area contributed by atoms with Crippen molar-refractivity contribution in [2.75, 3.05) is 0 Å². The molecule has 0 aromatic rings. The Morgan fingerprint density at radius 1 is 1.17 bits per heavy atom. The van der Waals surface area contributed by atoms with Gasteiger partial charge < -0.3 is 25.2 Å². The molecule has 0 radical (unpaired) electrons. The van der Waals surface area contributed by atoms with Gasteiger partial charge in [0.25, 0.3) is 0 Å². The van der Waals surface area contributed by atoms with Crippen molar-refractivity contribution in [2.45, 2.75) is 95.2 Å². The van der Waals surface area contributed by atoms with E-state index in [1.807, 2.05) is 6.92 Å². The maximum atomic E-state index is 10.4. The number of aliphatic hydroxyl groups excluding tert-OH is 3. The Hall–Kier alpha value is -0.950. The molecule has 1 aliphatic rings. The summed E-state index contributed by atoms with van der Waals surface area (Å²) in [6.07, 6.45) is 6.93. The van der Waals surface area contributed by atoms with E-state index in [0.29, 0.717) is 19.3 Å². The quantitative estimate of drug-likeness (QED) is 0.319. The second kappa shape index (κ2) is 11.6. The first-order chi connectivity index (χ1) is 11.4. The van der Waals surface area contributed by atoms with Gasteiger partial charge in [-0.25, -0.2) is 0 Å². The number of hydrogen-bond donors (Lipinski definition) is 4. The van der Waals surface area contributed by atoms with E-state index in [1.165, 1.54) is 6.08 Å². The van der Waals surface area contributed by atoms with Crippen LogP contribution in [-0.4, -0.2) is 56.9 Å². The van der Waals surface area contributed by atoms with E-state index in [4.69, 9.17) is 9.84 Å². The number of carbonyl (C=O) groups is 1. The summed E-state index contributed by atoms with van der Waals surface area (Å²) in [7, 11) is 0. The maximum Gasteiger partial charge on any atom is 0.303 e. The molecule has 1 saturated heterocycles. The Morgan fingerprint density at radius 2 is 1.83 bits per heavy atom. The van der Waals surface area contributed by atoms with Crippen molar-refractivity contribution in [2.24, 2.45) is 0 Å². The molecule has 6 nitrogen and oxygen atoms in total. The molecular weight excluding hydrogens is 312 g/mol. The number of aliphatic hydroxyl groups is 3. The summed E-state index contributed by atoms with van der Waals surface area (Å²) in [5.41, 5.74) is 0.